The Labute approximate surface area is 133 Å². The molecule has 1 aromatic heterocycles. The number of ether oxygens (including phenoxy) is 2. The number of fused-ring (bicyclic) bond motifs is 2. The minimum Gasteiger partial charge on any atom is -0.496 e. The summed E-state index contributed by atoms with van der Waals surface area (Å²) in [5, 5.41) is 0.973. The van der Waals surface area contributed by atoms with Gasteiger partial charge < -0.3 is 13.9 Å². The maximum atomic E-state index is 12.8. The van der Waals surface area contributed by atoms with Gasteiger partial charge >= 0.3 is 0 Å². The topological polar surface area (TPSA) is 48.7 Å². The number of hydrogen-bond donors (Lipinski definition) is 0. The second-order valence-electron chi connectivity index (χ2n) is 5.48. The molecule has 0 aliphatic heterocycles. The van der Waals surface area contributed by atoms with E-state index in [1.165, 1.54) is 0 Å². The molecule has 1 heterocycles. The summed E-state index contributed by atoms with van der Waals surface area (Å²) in [4.78, 5) is 12.8. The SMILES string of the molecule is C=C(C)CCOc1cc(OC)cc2oc3ccccc3c(=O)c12. The van der Waals surface area contributed by atoms with Crippen LogP contribution in [0.5, 0.6) is 11.5 Å². The Morgan fingerprint density at radius 3 is 2.74 bits per heavy atom. The lowest BCUT2D eigenvalue weighted by molar-refractivity contribution is 0.322. The lowest BCUT2D eigenvalue weighted by Crippen LogP contribution is -2.06. The lowest BCUT2D eigenvalue weighted by atomic mass is 10.1. The highest BCUT2D eigenvalue weighted by Gasteiger charge is 2.14. The third-order valence-electron chi connectivity index (χ3n) is 3.64. The fraction of sp³-hybridized carbons (Fsp3) is 0.211. The summed E-state index contributed by atoms with van der Waals surface area (Å²) in [6.45, 7) is 6.24. The van der Waals surface area contributed by atoms with Crippen LogP contribution in [0, 0.1) is 0 Å². The van der Waals surface area contributed by atoms with Crippen molar-refractivity contribution >= 4 is 21.9 Å². The van der Waals surface area contributed by atoms with E-state index in [1.54, 1.807) is 31.4 Å². The van der Waals surface area contributed by atoms with Gasteiger partial charge in [-0.15, -0.1) is 6.58 Å². The molecule has 0 saturated carbocycles. The van der Waals surface area contributed by atoms with Crippen molar-refractivity contribution in [3.63, 3.8) is 0 Å². The van der Waals surface area contributed by atoms with Gasteiger partial charge in [0.05, 0.1) is 19.1 Å². The van der Waals surface area contributed by atoms with Crippen molar-refractivity contribution in [3.8, 4) is 11.5 Å². The van der Waals surface area contributed by atoms with E-state index in [-0.39, 0.29) is 5.43 Å². The van der Waals surface area contributed by atoms with E-state index < -0.39 is 0 Å². The van der Waals surface area contributed by atoms with Crippen molar-refractivity contribution in [2.75, 3.05) is 13.7 Å². The summed E-state index contributed by atoms with van der Waals surface area (Å²) in [5.41, 5.74) is 1.93. The first kappa shape index (κ1) is 15.2. The minimum atomic E-state index is -0.102. The zero-order valence-electron chi connectivity index (χ0n) is 13.2. The monoisotopic (exact) mass is 310 g/mol. The molecule has 0 aliphatic carbocycles. The maximum absolute atomic E-state index is 12.8. The third kappa shape index (κ3) is 2.93. The molecule has 3 aromatic rings. The van der Waals surface area contributed by atoms with E-state index in [9.17, 15) is 4.79 Å². The smallest absolute Gasteiger partial charge is 0.204 e. The summed E-state index contributed by atoms with van der Waals surface area (Å²) in [6.07, 6.45) is 0.720. The van der Waals surface area contributed by atoms with Gasteiger partial charge in [-0.1, -0.05) is 17.7 Å². The Hall–Kier alpha value is -2.75. The molecule has 2 aromatic carbocycles. The normalized spacial score (nSPS) is 10.9. The third-order valence-corrected chi connectivity index (χ3v) is 3.64. The van der Waals surface area contributed by atoms with Gasteiger partial charge in [0.1, 0.15) is 28.1 Å². The van der Waals surface area contributed by atoms with Crippen LogP contribution in [-0.2, 0) is 0 Å². The van der Waals surface area contributed by atoms with Crippen molar-refractivity contribution in [2.45, 2.75) is 13.3 Å². The van der Waals surface area contributed by atoms with Crippen LogP contribution in [0.4, 0.5) is 0 Å². The van der Waals surface area contributed by atoms with E-state index in [4.69, 9.17) is 13.9 Å². The van der Waals surface area contributed by atoms with Gasteiger partial charge in [0.2, 0.25) is 5.43 Å². The highest BCUT2D eigenvalue weighted by Crippen LogP contribution is 2.31. The molecule has 23 heavy (non-hydrogen) atoms. The van der Waals surface area contributed by atoms with Crippen molar-refractivity contribution in [3.05, 3.63) is 58.8 Å². The molecule has 4 nitrogen and oxygen atoms in total. The van der Waals surface area contributed by atoms with Crippen molar-refractivity contribution in [1.29, 1.82) is 0 Å². The molecule has 3 rings (SSSR count). The highest BCUT2D eigenvalue weighted by atomic mass is 16.5. The van der Waals surface area contributed by atoms with Crippen LogP contribution in [0.2, 0.25) is 0 Å². The Bertz CT molecular complexity index is 937. The summed E-state index contributed by atoms with van der Waals surface area (Å²) >= 11 is 0. The molecular formula is C19H18O4. The summed E-state index contributed by atoms with van der Waals surface area (Å²) in [7, 11) is 1.57. The molecule has 0 unspecified atom stereocenters. The molecule has 0 fully saturated rings. The largest absolute Gasteiger partial charge is 0.496 e. The minimum absolute atomic E-state index is 0.102. The first-order valence-electron chi connectivity index (χ1n) is 7.41. The molecule has 0 N–H and O–H groups in total. The van der Waals surface area contributed by atoms with Crippen LogP contribution in [0.15, 0.2) is 57.8 Å². The van der Waals surface area contributed by atoms with Crippen molar-refractivity contribution < 1.29 is 13.9 Å². The van der Waals surface area contributed by atoms with Gasteiger partial charge in [0, 0.05) is 18.6 Å². The van der Waals surface area contributed by atoms with Crippen LogP contribution in [0.25, 0.3) is 21.9 Å². The van der Waals surface area contributed by atoms with Gasteiger partial charge in [-0.05, 0) is 19.1 Å². The van der Waals surface area contributed by atoms with Crippen molar-refractivity contribution in [1.82, 2.24) is 0 Å². The van der Waals surface area contributed by atoms with E-state index in [1.807, 2.05) is 19.1 Å². The number of hydrogen-bond acceptors (Lipinski definition) is 4. The van der Waals surface area contributed by atoms with E-state index in [0.717, 1.165) is 12.0 Å². The van der Waals surface area contributed by atoms with Gasteiger partial charge in [-0.3, -0.25) is 4.79 Å². The van der Waals surface area contributed by atoms with Crippen LogP contribution < -0.4 is 14.9 Å². The number of methoxy groups -OCH3 is 1. The second kappa shape index (κ2) is 6.16. The molecule has 0 spiro atoms. The zero-order valence-corrected chi connectivity index (χ0v) is 13.2. The van der Waals surface area contributed by atoms with Crippen LogP contribution in [0.1, 0.15) is 13.3 Å². The number of benzene rings is 2. The molecule has 0 aliphatic rings. The molecule has 0 saturated heterocycles. The Balaban J connectivity index is 2.21. The standard InChI is InChI=1S/C19H18O4/c1-12(2)8-9-22-16-10-13(21-3)11-17-18(16)19(20)14-6-4-5-7-15(14)23-17/h4-7,10-11H,1,8-9H2,2-3H3. The average molecular weight is 310 g/mol. The van der Waals surface area contributed by atoms with Gasteiger partial charge in [-0.25, -0.2) is 0 Å². The van der Waals surface area contributed by atoms with E-state index in [0.29, 0.717) is 40.0 Å². The zero-order chi connectivity index (χ0) is 16.4. The van der Waals surface area contributed by atoms with Gasteiger partial charge in [0.15, 0.2) is 0 Å². The molecule has 118 valence electrons. The summed E-state index contributed by atoms with van der Waals surface area (Å²) < 4.78 is 16.9. The Morgan fingerprint density at radius 2 is 2.00 bits per heavy atom. The van der Waals surface area contributed by atoms with Crippen molar-refractivity contribution in [2.24, 2.45) is 0 Å². The molecule has 0 radical (unpaired) electrons. The molecular weight excluding hydrogens is 292 g/mol. The van der Waals surface area contributed by atoms with Gasteiger partial charge in [-0.2, -0.15) is 0 Å². The first-order valence-corrected chi connectivity index (χ1v) is 7.41. The fourth-order valence-electron chi connectivity index (χ4n) is 2.43. The average Bonchev–Trinajstić information content (AvgIpc) is 2.54. The predicted molar refractivity (Wildman–Crippen MR) is 91.5 cm³/mol. The first-order chi connectivity index (χ1) is 11.1. The lowest BCUT2D eigenvalue weighted by Gasteiger charge is -2.11. The Kier molecular flexibility index (Phi) is 4.06. The summed E-state index contributed by atoms with van der Waals surface area (Å²) in [5.74, 6) is 1.06. The molecule has 0 bridgehead atoms. The quantitative estimate of drug-likeness (QED) is 0.521. The second-order valence-corrected chi connectivity index (χ2v) is 5.48. The van der Waals surface area contributed by atoms with Crippen LogP contribution in [0.3, 0.4) is 0 Å². The number of para-hydroxylation sites is 1. The summed E-state index contributed by atoms with van der Waals surface area (Å²) in [6, 6.07) is 10.6. The number of rotatable bonds is 5. The Morgan fingerprint density at radius 1 is 1.22 bits per heavy atom. The fourth-order valence-corrected chi connectivity index (χ4v) is 2.43. The maximum Gasteiger partial charge on any atom is 0.204 e. The highest BCUT2D eigenvalue weighted by molar-refractivity contribution is 5.93. The predicted octanol–water partition coefficient (Wildman–Crippen LogP) is 4.30. The van der Waals surface area contributed by atoms with Gasteiger partial charge in [0.25, 0.3) is 0 Å². The molecule has 0 amide bonds. The van der Waals surface area contributed by atoms with E-state index in [2.05, 4.69) is 6.58 Å². The van der Waals surface area contributed by atoms with E-state index >= 15 is 0 Å². The van der Waals surface area contributed by atoms with Crippen LogP contribution >= 0.6 is 0 Å². The molecule has 0 atom stereocenters. The molecule has 4 heteroatoms. The van der Waals surface area contributed by atoms with Crippen LogP contribution in [-0.4, -0.2) is 13.7 Å².